The van der Waals surface area contributed by atoms with Gasteiger partial charge < -0.3 is 5.43 Å². The van der Waals surface area contributed by atoms with E-state index in [4.69, 9.17) is 0 Å². The van der Waals surface area contributed by atoms with E-state index < -0.39 is 0 Å². The summed E-state index contributed by atoms with van der Waals surface area (Å²) in [5.74, 6) is 0. The minimum atomic E-state index is 0.640. The van der Waals surface area contributed by atoms with E-state index in [0.29, 0.717) is 5.13 Å². The molecule has 0 amide bonds. The van der Waals surface area contributed by atoms with Crippen molar-refractivity contribution in [2.45, 2.75) is 39.0 Å². The summed E-state index contributed by atoms with van der Waals surface area (Å²) in [5, 5.41) is 19.0. The molecule has 0 unspecified atom stereocenters. The molecule has 192 valence electrons. The van der Waals surface area contributed by atoms with Crippen LogP contribution in [0.1, 0.15) is 37.5 Å². The van der Waals surface area contributed by atoms with Crippen LogP contribution in [0, 0.1) is 0 Å². The highest BCUT2D eigenvalue weighted by atomic mass is 32.1. The first kappa shape index (κ1) is 25.7. The fraction of sp³-hybridized carbons (Fsp3) is 0.207. The third-order valence-electron chi connectivity index (χ3n) is 5.80. The maximum Gasteiger partial charge on any atom is 0.231 e. The van der Waals surface area contributed by atoms with Gasteiger partial charge in [-0.05, 0) is 85.6 Å². The largest absolute Gasteiger partial charge is 0.300 e. The summed E-state index contributed by atoms with van der Waals surface area (Å²) in [6.07, 6.45) is 6.32. The Balaban J connectivity index is 1.10. The second kappa shape index (κ2) is 13.0. The van der Waals surface area contributed by atoms with Crippen molar-refractivity contribution < 1.29 is 0 Å². The highest BCUT2D eigenvalue weighted by Crippen LogP contribution is 2.30. The van der Waals surface area contributed by atoms with Gasteiger partial charge in [-0.25, -0.2) is 4.98 Å². The van der Waals surface area contributed by atoms with Crippen LogP contribution in [0.15, 0.2) is 105 Å². The SMILES string of the molecule is CCCCCCc1ccc(NNc2ccc(N=Nc3ccc(N=Nc4nc5ccccc5s4)cc3)cc2)s1. The van der Waals surface area contributed by atoms with Crippen LogP contribution in [0.3, 0.4) is 0 Å². The fourth-order valence-corrected chi connectivity index (χ4v) is 5.45. The summed E-state index contributed by atoms with van der Waals surface area (Å²) >= 11 is 3.32. The Morgan fingerprint density at radius 3 is 2.05 bits per heavy atom. The van der Waals surface area contributed by atoms with Gasteiger partial charge in [0.25, 0.3) is 0 Å². The molecule has 0 aliphatic carbocycles. The van der Waals surface area contributed by atoms with Crippen molar-refractivity contribution in [3.05, 3.63) is 89.8 Å². The van der Waals surface area contributed by atoms with Crippen LogP contribution >= 0.6 is 22.7 Å². The van der Waals surface area contributed by atoms with Crippen LogP contribution in [-0.4, -0.2) is 4.98 Å². The molecule has 0 atom stereocenters. The number of aryl methyl sites for hydroxylation is 1. The first-order valence-electron chi connectivity index (χ1n) is 12.7. The van der Waals surface area contributed by atoms with E-state index in [1.165, 1.54) is 41.9 Å². The molecule has 38 heavy (non-hydrogen) atoms. The van der Waals surface area contributed by atoms with E-state index in [2.05, 4.69) is 55.3 Å². The van der Waals surface area contributed by atoms with Gasteiger partial charge in [0.1, 0.15) is 5.00 Å². The van der Waals surface area contributed by atoms with Crippen molar-refractivity contribution in [2.75, 3.05) is 10.9 Å². The van der Waals surface area contributed by atoms with Gasteiger partial charge in [-0.2, -0.15) is 10.2 Å². The Kier molecular flexibility index (Phi) is 8.81. The van der Waals surface area contributed by atoms with E-state index in [1.807, 2.05) is 72.8 Å². The Hall–Kier alpha value is -3.95. The van der Waals surface area contributed by atoms with Crippen LogP contribution in [-0.2, 0) is 6.42 Å². The lowest BCUT2D eigenvalue weighted by Gasteiger charge is -2.07. The topological polar surface area (TPSA) is 86.4 Å². The lowest BCUT2D eigenvalue weighted by Crippen LogP contribution is -2.06. The molecule has 2 heterocycles. The third-order valence-corrected chi connectivity index (χ3v) is 7.78. The van der Waals surface area contributed by atoms with Crippen molar-refractivity contribution in [3.8, 4) is 0 Å². The molecule has 0 saturated heterocycles. The van der Waals surface area contributed by atoms with Gasteiger partial charge in [-0.1, -0.05) is 49.7 Å². The van der Waals surface area contributed by atoms with E-state index in [9.17, 15) is 0 Å². The molecule has 9 heteroatoms. The molecular weight excluding hydrogens is 511 g/mol. The van der Waals surface area contributed by atoms with E-state index in [1.54, 1.807) is 11.3 Å². The van der Waals surface area contributed by atoms with Crippen LogP contribution < -0.4 is 10.9 Å². The number of azo groups is 2. The number of hydrogen-bond acceptors (Lipinski definition) is 9. The van der Waals surface area contributed by atoms with Gasteiger partial charge in [0, 0.05) is 4.88 Å². The molecule has 0 spiro atoms. The summed E-state index contributed by atoms with van der Waals surface area (Å²) in [7, 11) is 0. The van der Waals surface area contributed by atoms with E-state index in [0.717, 1.165) is 44.4 Å². The normalized spacial score (nSPS) is 11.6. The lowest BCUT2D eigenvalue weighted by molar-refractivity contribution is 0.670. The average Bonchev–Trinajstić information content (AvgIpc) is 3.60. The molecule has 0 aliphatic rings. The summed E-state index contributed by atoms with van der Waals surface area (Å²) in [6, 6.07) is 27.6. The summed E-state index contributed by atoms with van der Waals surface area (Å²) in [4.78, 5) is 5.90. The maximum atomic E-state index is 4.47. The smallest absolute Gasteiger partial charge is 0.231 e. The summed E-state index contributed by atoms with van der Waals surface area (Å²) in [6.45, 7) is 2.24. The highest BCUT2D eigenvalue weighted by molar-refractivity contribution is 7.21. The number of anilines is 2. The van der Waals surface area contributed by atoms with Crippen LogP contribution in [0.5, 0.6) is 0 Å². The van der Waals surface area contributed by atoms with Crippen LogP contribution in [0.4, 0.5) is 32.9 Å². The second-order valence-electron chi connectivity index (χ2n) is 8.75. The lowest BCUT2D eigenvalue weighted by atomic mass is 10.1. The zero-order valence-electron chi connectivity index (χ0n) is 21.2. The van der Waals surface area contributed by atoms with Crippen molar-refractivity contribution in [1.82, 2.24) is 4.98 Å². The van der Waals surface area contributed by atoms with E-state index >= 15 is 0 Å². The van der Waals surface area contributed by atoms with Gasteiger partial charge in [0.2, 0.25) is 5.13 Å². The minimum absolute atomic E-state index is 0.640. The number of para-hydroxylation sites is 1. The second-order valence-corrected chi connectivity index (χ2v) is 10.9. The first-order chi connectivity index (χ1) is 18.7. The van der Waals surface area contributed by atoms with Gasteiger partial charge in [0.15, 0.2) is 0 Å². The molecule has 5 aromatic rings. The number of thiazole rings is 1. The number of benzene rings is 3. The quantitative estimate of drug-likeness (QED) is 0.0939. The van der Waals surface area contributed by atoms with Crippen molar-refractivity contribution >= 4 is 65.8 Å². The van der Waals surface area contributed by atoms with Crippen molar-refractivity contribution in [3.63, 3.8) is 0 Å². The number of aromatic nitrogens is 1. The number of unbranched alkanes of at least 4 members (excludes halogenated alkanes) is 3. The predicted octanol–water partition coefficient (Wildman–Crippen LogP) is 10.8. The molecule has 2 aromatic heterocycles. The first-order valence-corrected chi connectivity index (χ1v) is 14.4. The molecule has 0 fully saturated rings. The number of fused-ring (bicyclic) bond motifs is 1. The fourth-order valence-electron chi connectivity index (χ4n) is 3.76. The number of thiophene rings is 1. The Morgan fingerprint density at radius 2 is 1.34 bits per heavy atom. The number of hydrogen-bond donors (Lipinski definition) is 2. The van der Waals surface area contributed by atoms with Gasteiger partial charge in [-0.3, -0.25) is 5.43 Å². The monoisotopic (exact) mass is 539 g/mol. The van der Waals surface area contributed by atoms with Crippen LogP contribution in [0.2, 0.25) is 0 Å². The Bertz CT molecular complexity index is 1470. The van der Waals surface area contributed by atoms with Gasteiger partial charge in [-0.15, -0.1) is 21.6 Å². The number of nitrogens with zero attached hydrogens (tertiary/aromatic N) is 5. The molecule has 7 nitrogen and oxygen atoms in total. The molecule has 0 bridgehead atoms. The predicted molar refractivity (Wildman–Crippen MR) is 160 cm³/mol. The highest BCUT2D eigenvalue weighted by Gasteiger charge is 2.02. The summed E-state index contributed by atoms with van der Waals surface area (Å²) in [5.41, 5.74) is 10.7. The minimum Gasteiger partial charge on any atom is -0.300 e. The standard InChI is InChI=1S/C29H29N7S2/c1-2-3-4-5-8-25-19-20-28(37-25)35-33-23-15-11-21(12-16-23)31-32-22-13-17-24(18-14-22)34-36-29-30-26-9-6-7-10-27(26)38-29/h6-7,9-20,33,35H,2-5,8H2,1H3. The average molecular weight is 540 g/mol. The third kappa shape index (κ3) is 7.30. The maximum absolute atomic E-state index is 4.47. The molecule has 0 saturated carbocycles. The zero-order valence-corrected chi connectivity index (χ0v) is 22.8. The molecule has 5 rings (SSSR count). The van der Waals surface area contributed by atoms with Gasteiger partial charge in [0.05, 0.1) is 33.0 Å². The number of nitrogens with one attached hydrogen (secondary N) is 2. The molecule has 3 aromatic carbocycles. The molecule has 0 radical (unpaired) electrons. The number of rotatable bonds is 12. The molecule has 0 aliphatic heterocycles. The Labute approximate surface area is 230 Å². The Morgan fingerprint density at radius 1 is 0.658 bits per heavy atom. The van der Waals surface area contributed by atoms with E-state index in [-0.39, 0.29) is 0 Å². The van der Waals surface area contributed by atoms with Crippen molar-refractivity contribution in [2.24, 2.45) is 20.5 Å². The van der Waals surface area contributed by atoms with Crippen LogP contribution in [0.25, 0.3) is 10.2 Å². The number of hydrazine groups is 1. The van der Waals surface area contributed by atoms with Crippen molar-refractivity contribution in [1.29, 1.82) is 0 Å². The molecule has 2 N–H and O–H groups in total. The van der Waals surface area contributed by atoms with Gasteiger partial charge >= 0.3 is 0 Å². The zero-order chi connectivity index (χ0) is 26.0. The summed E-state index contributed by atoms with van der Waals surface area (Å²) < 4.78 is 1.10. The molecular formula is C29H29N7S2.